The molecule has 0 unspecified atom stereocenters. The molecule has 106 valence electrons. The van der Waals surface area contributed by atoms with Crippen LogP contribution in [0.25, 0.3) is 0 Å². The van der Waals surface area contributed by atoms with Crippen LogP contribution in [0.15, 0.2) is 30.3 Å². The van der Waals surface area contributed by atoms with Crippen molar-refractivity contribution in [1.82, 2.24) is 4.98 Å². The minimum absolute atomic E-state index is 0.446. The summed E-state index contributed by atoms with van der Waals surface area (Å²) >= 11 is 6.67. The number of thiazole rings is 1. The minimum atomic E-state index is 0.446. The van der Waals surface area contributed by atoms with Crippen molar-refractivity contribution >= 4 is 28.5 Å². The molecule has 0 amide bonds. The summed E-state index contributed by atoms with van der Waals surface area (Å²) in [6.45, 7) is 2.74. The van der Waals surface area contributed by atoms with E-state index in [0.29, 0.717) is 11.6 Å². The number of para-hydroxylation sites is 1. The molecule has 0 saturated carbocycles. The van der Waals surface area contributed by atoms with E-state index in [1.54, 1.807) is 11.3 Å². The number of benzene rings is 1. The van der Waals surface area contributed by atoms with Gasteiger partial charge in [0.1, 0.15) is 10.7 Å². The standard InChI is InChI=1S/C15H18N2OS2/c1-2-6-12-14(15(16)19)20-13(17-12)9-10-18-11-7-4-3-5-8-11/h3-5,7-8H,2,6,9-10H2,1H3,(H2,16,19). The topological polar surface area (TPSA) is 48.1 Å². The van der Waals surface area contributed by atoms with Crippen molar-refractivity contribution in [3.05, 3.63) is 45.9 Å². The molecule has 1 aromatic heterocycles. The molecule has 5 heteroatoms. The SMILES string of the molecule is CCCc1nc(CCOc2ccccc2)sc1C(N)=S. The van der Waals surface area contributed by atoms with Gasteiger partial charge in [-0.2, -0.15) is 0 Å². The summed E-state index contributed by atoms with van der Waals surface area (Å²) in [6, 6.07) is 9.79. The van der Waals surface area contributed by atoms with Crippen LogP contribution in [0.2, 0.25) is 0 Å². The summed E-state index contributed by atoms with van der Waals surface area (Å²) in [5, 5.41) is 1.03. The Morgan fingerprint density at radius 3 is 2.70 bits per heavy atom. The van der Waals surface area contributed by atoms with E-state index in [1.807, 2.05) is 30.3 Å². The van der Waals surface area contributed by atoms with Gasteiger partial charge in [0.15, 0.2) is 0 Å². The Hall–Kier alpha value is -1.46. The van der Waals surface area contributed by atoms with Crippen LogP contribution in [0.4, 0.5) is 0 Å². The molecule has 0 aliphatic rings. The lowest BCUT2D eigenvalue weighted by Gasteiger charge is -2.03. The molecule has 0 aliphatic heterocycles. The van der Waals surface area contributed by atoms with Crippen LogP contribution in [0.3, 0.4) is 0 Å². The Bertz CT molecular complexity index is 567. The monoisotopic (exact) mass is 306 g/mol. The first-order valence-corrected chi connectivity index (χ1v) is 7.89. The fourth-order valence-electron chi connectivity index (χ4n) is 1.88. The molecule has 3 nitrogen and oxygen atoms in total. The Kier molecular flexibility index (Phi) is 5.49. The smallest absolute Gasteiger partial charge is 0.119 e. The van der Waals surface area contributed by atoms with Gasteiger partial charge >= 0.3 is 0 Å². The zero-order chi connectivity index (χ0) is 14.4. The highest BCUT2D eigenvalue weighted by Gasteiger charge is 2.12. The van der Waals surface area contributed by atoms with E-state index in [2.05, 4.69) is 11.9 Å². The number of thiocarbonyl (C=S) groups is 1. The van der Waals surface area contributed by atoms with E-state index in [0.717, 1.165) is 40.6 Å². The van der Waals surface area contributed by atoms with Gasteiger partial charge in [-0.25, -0.2) is 4.98 Å². The lowest BCUT2D eigenvalue weighted by Crippen LogP contribution is -2.09. The van der Waals surface area contributed by atoms with Crippen molar-refractivity contribution in [3.63, 3.8) is 0 Å². The van der Waals surface area contributed by atoms with Crippen LogP contribution >= 0.6 is 23.6 Å². The van der Waals surface area contributed by atoms with Crippen LogP contribution in [-0.4, -0.2) is 16.6 Å². The van der Waals surface area contributed by atoms with E-state index in [1.165, 1.54) is 0 Å². The van der Waals surface area contributed by atoms with Crippen molar-refractivity contribution in [2.45, 2.75) is 26.2 Å². The van der Waals surface area contributed by atoms with E-state index < -0.39 is 0 Å². The minimum Gasteiger partial charge on any atom is -0.493 e. The summed E-state index contributed by atoms with van der Waals surface area (Å²) < 4.78 is 5.68. The summed E-state index contributed by atoms with van der Waals surface area (Å²) in [5.74, 6) is 0.882. The van der Waals surface area contributed by atoms with Gasteiger partial charge in [0.05, 0.1) is 22.2 Å². The molecule has 2 rings (SSSR count). The summed E-state index contributed by atoms with van der Waals surface area (Å²) in [6.07, 6.45) is 2.74. The number of nitrogens with two attached hydrogens (primary N) is 1. The molecule has 0 bridgehead atoms. The first-order valence-electron chi connectivity index (χ1n) is 6.67. The quantitative estimate of drug-likeness (QED) is 0.797. The number of hydrogen-bond donors (Lipinski definition) is 1. The third-order valence-corrected chi connectivity index (χ3v) is 4.30. The van der Waals surface area contributed by atoms with Crippen LogP contribution in [-0.2, 0) is 12.8 Å². The van der Waals surface area contributed by atoms with Gasteiger partial charge < -0.3 is 10.5 Å². The van der Waals surface area contributed by atoms with Crippen LogP contribution < -0.4 is 10.5 Å². The number of aryl methyl sites for hydroxylation is 1. The maximum absolute atomic E-state index is 5.75. The Labute approximate surface area is 128 Å². The van der Waals surface area contributed by atoms with Crippen LogP contribution in [0.1, 0.15) is 28.9 Å². The van der Waals surface area contributed by atoms with Gasteiger partial charge in [-0.3, -0.25) is 0 Å². The zero-order valence-corrected chi connectivity index (χ0v) is 13.1. The van der Waals surface area contributed by atoms with Crippen LogP contribution in [0, 0.1) is 0 Å². The van der Waals surface area contributed by atoms with E-state index in [-0.39, 0.29) is 0 Å². The lowest BCUT2D eigenvalue weighted by molar-refractivity contribution is 0.321. The molecule has 0 fully saturated rings. The highest BCUT2D eigenvalue weighted by molar-refractivity contribution is 7.81. The molecular weight excluding hydrogens is 288 g/mol. The van der Waals surface area contributed by atoms with Gasteiger partial charge in [0.25, 0.3) is 0 Å². The number of rotatable bonds is 7. The molecule has 0 aliphatic carbocycles. The van der Waals surface area contributed by atoms with Crippen molar-refractivity contribution in [2.75, 3.05) is 6.61 Å². The van der Waals surface area contributed by atoms with Crippen LogP contribution in [0.5, 0.6) is 5.75 Å². The highest BCUT2D eigenvalue weighted by atomic mass is 32.1. The fourth-order valence-corrected chi connectivity index (χ4v) is 3.07. The molecule has 0 saturated heterocycles. The molecule has 0 atom stereocenters. The lowest BCUT2D eigenvalue weighted by atomic mass is 10.2. The van der Waals surface area contributed by atoms with Crippen molar-refractivity contribution in [1.29, 1.82) is 0 Å². The molecule has 0 spiro atoms. The normalized spacial score (nSPS) is 10.4. The third kappa shape index (κ3) is 4.02. The molecular formula is C15H18N2OS2. The highest BCUT2D eigenvalue weighted by Crippen LogP contribution is 2.21. The van der Waals surface area contributed by atoms with E-state index >= 15 is 0 Å². The Morgan fingerprint density at radius 2 is 2.05 bits per heavy atom. The number of ether oxygens (including phenoxy) is 1. The molecule has 2 aromatic rings. The second-order valence-electron chi connectivity index (χ2n) is 4.41. The van der Waals surface area contributed by atoms with Crippen molar-refractivity contribution in [3.8, 4) is 5.75 Å². The molecule has 20 heavy (non-hydrogen) atoms. The molecule has 1 aromatic carbocycles. The number of aromatic nitrogens is 1. The summed E-state index contributed by atoms with van der Waals surface area (Å²) in [4.78, 5) is 6.02. The summed E-state index contributed by atoms with van der Waals surface area (Å²) in [7, 11) is 0. The maximum Gasteiger partial charge on any atom is 0.119 e. The first-order chi connectivity index (χ1) is 9.70. The Balaban J connectivity index is 1.96. The second kappa shape index (κ2) is 7.36. The zero-order valence-electron chi connectivity index (χ0n) is 11.5. The average molecular weight is 306 g/mol. The second-order valence-corrected chi connectivity index (χ2v) is 5.93. The predicted molar refractivity (Wildman–Crippen MR) is 87.6 cm³/mol. The molecule has 1 heterocycles. The molecule has 2 N–H and O–H groups in total. The largest absolute Gasteiger partial charge is 0.493 e. The van der Waals surface area contributed by atoms with Gasteiger partial charge in [-0.05, 0) is 18.6 Å². The first kappa shape index (κ1) is 14.9. The number of hydrogen-bond acceptors (Lipinski definition) is 4. The van der Waals surface area contributed by atoms with Gasteiger partial charge in [0.2, 0.25) is 0 Å². The maximum atomic E-state index is 5.75. The van der Waals surface area contributed by atoms with Crippen molar-refractivity contribution < 1.29 is 4.74 Å². The molecule has 0 radical (unpaired) electrons. The summed E-state index contributed by atoms with van der Waals surface area (Å²) in [5.41, 5.74) is 6.78. The average Bonchev–Trinajstić information content (AvgIpc) is 2.84. The fraction of sp³-hybridized carbons (Fsp3) is 0.333. The third-order valence-electron chi connectivity index (χ3n) is 2.78. The van der Waals surface area contributed by atoms with Gasteiger partial charge in [-0.1, -0.05) is 43.8 Å². The van der Waals surface area contributed by atoms with Gasteiger partial charge in [-0.15, -0.1) is 11.3 Å². The predicted octanol–water partition coefficient (Wildman–Crippen LogP) is 3.35. The van der Waals surface area contributed by atoms with E-state index in [4.69, 9.17) is 22.7 Å². The van der Waals surface area contributed by atoms with Gasteiger partial charge in [0, 0.05) is 6.42 Å². The Morgan fingerprint density at radius 1 is 1.30 bits per heavy atom. The number of nitrogens with zero attached hydrogens (tertiary/aromatic N) is 1. The van der Waals surface area contributed by atoms with E-state index in [9.17, 15) is 0 Å². The van der Waals surface area contributed by atoms with Crippen molar-refractivity contribution in [2.24, 2.45) is 5.73 Å².